The maximum Gasteiger partial charge on any atom is 0.264 e. The van der Waals surface area contributed by atoms with Gasteiger partial charge in [0.2, 0.25) is 5.96 Å². The van der Waals surface area contributed by atoms with Crippen LogP contribution >= 0.6 is 15.9 Å². The Hall–Kier alpha value is -1.12. The zero-order valence-electron chi connectivity index (χ0n) is 13.7. The average molecular weight is 415 g/mol. The van der Waals surface area contributed by atoms with E-state index in [1.165, 1.54) is 25.7 Å². The van der Waals surface area contributed by atoms with Crippen LogP contribution in [-0.2, 0) is 10.0 Å². The highest BCUT2D eigenvalue weighted by Crippen LogP contribution is 2.28. The molecular formula is C16H23BrN4O2S. The van der Waals surface area contributed by atoms with Gasteiger partial charge < -0.3 is 5.32 Å². The highest BCUT2D eigenvalue weighted by molar-refractivity contribution is 9.10. The van der Waals surface area contributed by atoms with Crippen molar-refractivity contribution < 1.29 is 8.42 Å². The van der Waals surface area contributed by atoms with Crippen LogP contribution in [0.1, 0.15) is 32.6 Å². The van der Waals surface area contributed by atoms with Crippen LogP contribution in [0, 0.1) is 5.92 Å². The highest BCUT2D eigenvalue weighted by Gasteiger charge is 2.29. The number of rotatable bonds is 3. The van der Waals surface area contributed by atoms with Crippen molar-refractivity contribution in [2.75, 3.05) is 13.3 Å². The Kier molecular flexibility index (Phi) is 5.46. The molecule has 1 aliphatic carbocycles. The second kappa shape index (κ2) is 7.41. The van der Waals surface area contributed by atoms with Crippen molar-refractivity contribution in [3.8, 4) is 0 Å². The summed E-state index contributed by atoms with van der Waals surface area (Å²) in [5.41, 5.74) is 0. The van der Waals surface area contributed by atoms with Crippen molar-refractivity contribution in [1.82, 2.24) is 14.9 Å². The summed E-state index contributed by atoms with van der Waals surface area (Å²) in [6.07, 6.45) is 5.02. The van der Waals surface area contributed by atoms with Crippen LogP contribution in [0.3, 0.4) is 0 Å². The van der Waals surface area contributed by atoms with Gasteiger partial charge in [-0.05, 0) is 43.0 Å². The van der Waals surface area contributed by atoms with Crippen LogP contribution in [0.25, 0.3) is 0 Å². The van der Waals surface area contributed by atoms with Gasteiger partial charge in [-0.15, -0.1) is 0 Å². The molecule has 1 fully saturated rings. The number of guanidine groups is 1. The second-order valence-electron chi connectivity index (χ2n) is 6.46. The maximum absolute atomic E-state index is 12.4. The largest absolute Gasteiger partial charge is 0.343 e. The molecule has 1 aromatic carbocycles. The number of hydrogen-bond donors (Lipinski definition) is 2. The molecule has 0 amide bonds. The molecule has 1 aromatic rings. The van der Waals surface area contributed by atoms with Crippen LogP contribution in [0.2, 0.25) is 0 Å². The zero-order chi connectivity index (χ0) is 17.2. The third kappa shape index (κ3) is 4.10. The van der Waals surface area contributed by atoms with Gasteiger partial charge in [0.25, 0.3) is 10.0 Å². The van der Waals surface area contributed by atoms with Gasteiger partial charge in [-0.2, -0.15) is 0 Å². The number of sulfonamides is 1. The summed E-state index contributed by atoms with van der Waals surface area (Å²) < 4.78 is 28.1. The Labute approximate surface area is 151 Å². The summed E-state index contributed by atoms with van der Waals surface area (Å²) >= 11 is 3.30. The van der Waals surface area contributed by atoms with E-state index >= 15 is 0 Å². The topological polar surface area (TPSA) is 73.8 Å². The molecule has 0 radical (unpaired) electrons. The molecule has 2 atom stereocenters. The lowest BCUT2D eigenvalue weighted by Crippen LogP contribution is -2.54. The fourth-order valence-electron chi connectivity index (χ4n) is 3.37. The smallest absolute Gasteiger partial charge is 0.264 e. The van der Waals surface area contributed by atoms with Gasteiger partial charge >= 0.3 is 0 Å². The lowest BCUT2D eigenvalue weighted by Gasteiger charge is -2.39. The van der Waals surface area contributed by atoms with Gasteiger partial charge in [0.05, 0.1) is 18.2 Å². The molecule has 132 valence electrons. The number of nitrogens with zero attached hydrogens (tertiary/aromatic N) is 2. The third-order valence-corrected chi connectivity index (χ3v) is 6.63. The summed E-state index contributed by atoms with van der Waals surface area (Å²) in [5, 5.41) is 3.10. The fraction of sp³-hybridized carbons (Fsp3) is 0.562. The first-order valence-corrected chi connectivity index (χ1v) is 10.5. The minimum absolute atomic E-state index is 0.221. The van der Waals surface area contributed by atoms with E-state index in [0.29, 0.717) is 31.3 Å². The molecule has 6 nitrogen and oxygen atoms in total. The van der Waals surface area contributed by atoms with E-state index in [-0.39, 0.29) is 4.90 Å². The minimum atomic E-state index is -3.61. The predicted molar refractivity (Wildman–Crippen MR) is 98.0 cm³/mol. The van der Waals surface area contributed by atoms with Crippen LogP contribution in [0.4, 0.5) is 0 Å². The monoisotopic (exact) mass is 414 g/mol. The molecule has 3 rings (SSSR count). The molecule has 0 saturated heterocycles. The van der Waals surface area contributed by atoms with E-state index in [1.54, 1.807) is 24.3 Å². The molecule has 1 saturated carbocycles. The summed E-state index contributed by atoms with van der Waals surface area (Å²) in [6.45, 7) is 3.44. The Morgan fingerprint density at radius 3 is 2.58 bits per heavy atom. The Balaban J connectivity index is 1.63. The fourth-order valence-corrected chi connectivity index (χ4v) is 4.64. The van der Waals surface area contributed by atoms with E-state index in [2.05, 4.69) is 42.8 Å². The molecule has 0 bridgehead atoms. The first kappa shape index (κ1) is 17.7. The molecule has 24 heavy (non-hydrogen) atoms. The molecule has 8 heteroatoms. The maximum atomic E-state index is 12.4. The van der Waals surface area contributed by atoms with Crippen molar-refractivity contribution in [2.24, 2.45) is 10.9 Å². The Bertz CT molecular complexity index is 705. The summed E-state index contributed by atoms with van der Waals surface area (Å²) in [5.74, 6) is 0.981. The summed E-state index contributed by atoms with van der Waals surface area (Å²) in [6, 6.07) is 7.06. The SMILES string of the molecule is C[C@@H]1CCCC[C@@H]1N1CN=C(NS(=O)(=O)c2ccc(Br)cc2)NC1. The first-order chi connectivity index (χ1) is 11.5. The molecule has 0 spiro atoms. The number of hydrogen-bond acceptors (Lipinski definition) is 5. The molecule has 1 aliphatic heterocycles. The van der Waals surface area contributed by atoms with Gasteiger partial charge in [-0.25, -0.2) is 18.1 Å². The molecule has 0 aromatic heterocycles. The average Bonchev–Trinajstić information content (AvgIpc) is 2.56. The van der Waals surface area contributed by atoms with Gasteiger partial charge in [-0.1, -0.05) is 35.7 Å². The minimum Gasteiger partial charge on any atom is -0.343 e. The third-order valence-electron chi connectivity index (χ3n) is 4.75. The lowest BCUT2D eigenvalue weighted by molar-refractivity contribution is 0.106. The molecule has 0 unspecified atom stereocenters. The van der Waals surface area contributed by atoms with Crippen molar-refractivity contribution >= 4 is 31.9 Å². The number of nitrogens with one attached hydrogen (secondary N) is 2. The molecule has 2 aliphatic rings. The Morgan fingerprint density at radius 2 is 1.96 bits per heavy atom. The van der Waals surface area contributed by atoms with E-state index in [0.717, 1.165) is 4.47 Å². The zero-order valence-corrected chi connectivity index (χ0v) is 16.1. The predicted octanol–water partition coefficient (Wildman–Crippen LogP) is 2.48. The Morgan fingerprint density at radius 1 is 1.25 bits per heavy atom. The first-order valence-electron chi connectivity index (χ1n) is 8.26. The van der Waals surface area contributed by atoms with E-state index < -0.39 is 10.0 Å². The van der Waals surface area contributed by atoms with Crippen molar-refractivity contribution in [2.45, 2.75) is 43.5 Å². The van der Waals surface area contributed by atoms with Crippen molar-refractivity contribution in [3.05, 3.63) is 28.7 Å². The summed E-state index contributed by atoms with van der Waals surface area (Å²) in [4.78, 5) is 6.89. The normalized spacial score (nSPS) is 25.7. The van der Waals surface area contributed by atoms with Crippen LogP contribution in [-0.4, -0.2) is 38.7 Å². The number of benzene rings is 1. The number of aliphatic imine (C=N–C) groups is 1. The van der Waals surface area contributed by atoms with E-state index in [9.17, 15) is 8.42 Å². The van der Waals surface area contributed by atoms with E-state index in [1.807, 2.05) is 0 Å². The second-order valence-corrected chi connectivity index (χ2v) is 9.06. The van der Waals surface area contributed by atoms with Crippen LogP contribution in [0.5, 0.6) is 0 Å². The lowest BCUT2D eigenvalue weighted by atomic mass is 9.85. The van der Waals surface area contributed by atoms with Gasteiger partial charge in [-0.3, -0.25) is 4.90 Å². The van der Waals surface area contributed by atoms with Gasteiger partial charge in [0.15, 0.2) is 0 Å². The molecule has 2 N–H and O–H groups in total. The van der Waals surface area contributed by atoms with Crippen molar-refractivity contribution in [1.29, 1.82) is 0 Å². The van der Waals surface area contributed by atoms with Crippen LogP contribution in [0.15, 0.2) is 38.6 Å². The van der Waals surface area contributed by atoms with Crippen LogP contribution < -0.4 is 10.0 Å². The summed E-state index contributed by atoms with van der Waals surface area (Å²) in [7, 11) is -3.61. The highest BCUT2D eigenvalue weighted by atomic mass is 79.9. The number of halogens is 1. The van der Waals surface area contributed by atoms with Gasteiger partial charge in [0, 0.05) is 10.5 Å². The molecule has 1 heterocycles. The van der Waals surface area contributed by atoms with Gasteiger partial charge in [0.1, 0.15) is 0 Å². The standard InChI is InChI=1S/C16H23BrN4O2S/c1-12-4-2-3-5-15(12)21-10-18-16(19-11-21)20-24(22,23)14-8-6-13(17)7-9-14/h6-9,12,15H,2-5,10-11H2,1H3,(H2,18,19,20)/t12-,15+/m1/s1. The quantitative estimate of drug-likeness (QED) is 0.796. The van der Waals surface area contributed by atoms with E-state index in [4.69, 9.17) is 0 Å². The van der Waals surface area contributed by atoms with Crippen molar-refractivity contribution in [3.63, 3.8) is 0 Å². The molecular weight excluding hydrogens is 392 g/mol.